The number of nitrogens with one attached hydrogen (secondary N) is 1. The summed E-state index contributed by atoms with van der Waals surface area (Å²) in [5.41, 5.74) is 6.47. The molecule has 0 unspecified atom stereocenters. The summed E-state index contributed by atoms with van der Waals surface area (Å²) in [6.45, 7) is 5.42. The average molecular weight is 347 g/mol. The van der Waals surface area contributed by atoms with Gasteiger partial charge in [-0.3, -0.25) is 9.59 Å². The number of nitrogens with zero attached hydrogens (tertiary/aromatic N) is 3. The normalized spacial score (nSPS) is 15.7. The highest BCUT2D eigenvalue weighted by Gasteiger charge is 2.25. The van der Waals surface area contributed by atoms with Crippen LogP contribution in [-0.4, -0.2) is 46.3 Å². The Kier molecular flexibility index (Phi) is 4.66. The summed E-state index contributed by atoms with van der Waals surface area (Å²) in [5.74, 6) is 0.323. The van der Waals surface area contributed by atoms with Crippen LogP contribution in [0.3, 0.4) is 0 Å². The lowest BCUT2D eigenvalue weighted by atomic mass is 9.96. The van der Waals surface area contributed by atoms with E-state index in [0.717, 1.165) is 15.8 Å². The number of piperidine rings is 1. The summed E-state index contributed by atoms with van der Waals surface area (Å²) >= 11 is 1.63. The molecule has 24 heavy (non-hydrogen) atoms. The van der Waals surface area contributed by atoms with Gasteiger partial charge in [-0.05, 0) is 32.3 Å². The monoisotopic (exact) mass is 347 g/mol. The first-order valence-corrected chi connectivity index (χ1v) is 8.80. The zero-order valence-electron chi connectivity index (χ0n) is 13.8. The lowest BCUT2D eigenvalue weighted by Gasteiger charge is -2.30. The van der Waals surface area contributed by atoms with Crippen LogP contribution in [0.2, 0.25) is 0 Å². The molecular formula is C16H21N5O2S. The van der Waals surface area contributed by atoms with Gasteiger partial charge in [-0.15, -0.1) is 11.3 Å². The lowest BCUT2D eigenvalue weighted by Crippen LogP contribution is -2.43. The molecule has 128 valence electrons. The first kappa shape index (κ1) is 16.6. The molecule has 2 amide bonds. The summed E-state index contributed by atoms with van der Waals surface area (Å²) in [4.78, 5) is 36.1. The first-order chi connectivity index (χ1) is 11.5. The van der Waals surface area contributed by atoms with Crippen molar-refractivity contribution in [2.24, 2.45) is 11.7 Å². The Morgan fingerprint density at radius 3 is 2.71 bits per heavy atom. The minimum Gasteiger partial charge on any atom is -0.369 e. The van der Waals surface area contributed by atoms with Gasteiger partial charge in [0.2, 0.25) is 11.8 Å². The van der Waals surface area contributed by atoms with Crippen molar-refractivity contribution in [3.05, 3.63) is 16.8 Å². The number of carbonyl (C=O) groups is 2. The van der Waals surface area contributed by atoms with Crippen molar-refractivity contribution in [3.63, 3.8) is 0 Å². The Morgan fingerprint density at radius 2 is 2.04 bits per heavy atom. The van der Waals surface area contributed by atoms with Crippen LogP contribution in [0.1, 0.15) is 23.3 Å². The highest BCUT2D eigenvalue weighted by atomic mass is 32.1. The van der Waals surface area contributed by atoms with E-state index in [2.05, 4.69) is 22.2 Å². The smallest absolute Gasteiger partial charge is 0.241 e. The number of hydrogen-bond donors (Lipinski definition) is 2. The summed E-state index contributed by atoms with van der Waals surface area (Å²) in [5, 5.41) is 4.13. The van der Waals surface area contributed by atoms with E-state index in [1.807, 2.05) is 6.92 Å². The van der Waals surface area contributed by atoms with Gasteiger partial charge in [-0.2, -0.15) is 0 Å². The third kappa shape index (κ3) is 3.19. The van der Waals surface area contributed by atoms with Crippen LogP contribution in [0.5, 0.6) is 0 Å². The molecule has 0 aliphatic carbocycles. The van der Waals surface area contributed by atoms with E-state index in [9.17, 15) is 9.59 Å². The molecule has 1 saturated heterocycles. The largest absolute Gasteiger partial charge is 0.369 e. The molecule has 0 bridgehead atoms. The number of fused-ring (bicyclic) bond motifs is 1. The lowest BCUT2D eigenvalue weighted by molar-refractivity contribution is -0.133. The Hall–Kier alpha value is -2.22. The number of carbonyl (C=O) groups excluding carboxylic acids is 2. The molecule has 1 aliphatic rings. The Morgan fingerprint density at radius 1 is 1.33 bits per heavy atom. The molecule has 1 aliphatic heterocycles. The third-order valence-corrected chi connectivity index (χ3v) is 5.74. The number of amides is 2. The molecule has 2 aromatic heterocycles. The van der Waals surface area contributed by atoms with E-state index in [-0.39, 0.29) is 24.3 Å². The number of aryl methyl sites for hydroxylation is 2. The van der Waals surface area contributed by atoms with E-state index in [1.165, 1.54) is 11.2 Å². The van der Waals surface area contributed by atoms with E-state index >= 15 is 0 Å². The minimum absolute atomic E-state index is 0.00860. The van der Waals surface area contributed by atoms with Crippen molar-refractivity contribution in [2.45, 2.75) is 26.7 Å². The van der Waals surface area contributed by atoms with Gasteiger partial charge in [0.05, 0.1) is 11.9 Å². The van der Waals surface area contributed by atoms with Crippen molar-refractivity contribution in [1.29, 1.82) is 0 Å². The molecule has 0 saturated carbocycles. The van der Waals surface area contributed by atoms with E-state index in [4.69, 9.17) is 5.73 Å². The third-order valence-electron chi connectivity index (χ3n) is 4.62. The van der Waals surface area contributed by atoms with Crippen molar-refractivity contribution < 1.29 is 9.59 Å². The van der Waals surface area contributed by atoms with E-state index < -0.39 is 0 Å². The summed E-state index contributed by atoms with van der Waals surface area (Å²) in [7, 11) is 0. The molecule has 0 aromatic carbocycles. The van der Waals surface area contributed by atoms with Gasteiger partial charge in [-0.1, -0.05) is 0 Å². The van der Waals surface area contributed by atoms with Crippen molar-refractivity contribution in [1.82, 2.24) is 14.9 Å². The van der Waals surface area contributed by atoms with Crippen molar-refractivity contribution in [2.75, 3.05) is 25.0 Å². The standard InChI is InChI=1S/C16H21N5O2S/c1-9-10(2)24-16-13(9)15(19-8-20-16)18-7-12(22)21-5-3-11(4-6-21)14(17)23/h8,11H,3-7H2,1-2H3,(H2,17,23)(H,18,19,20). The van der Waals surface area contributed by atoms with Crippen LogP contribution in [-0.2, 0) is 9.59 Å². The quantitative estimate of drug-likeness (QED) is 0.871. The number of primary amides is 1. The number of anilines is 1. The predicted molar refractivity (Wildman–Crippen MR) is 93.9 cm³/mol. The van der Waals surface area contributed by atoms with Crippen LogP contribution in [0, 0.1) is 19.8 Å². The fourth-order valence-corrected chi connectivity index (χ4v) is 4.00. The van der Waals surface area contributed by atoms with Crippen molar-refractivity contribution >= 4 is 39.2 Å². The van der Waals surface area contributed by atoms with E-state index in [1.54, 1.807) is 16.2 Å². The van der Waals surface area contributed by atoms with Crippen molar-refractivity contribution in [3.8, 4) is 0 Å². The molecule has 3 N–H and O–H groups in total. The van der Waals surface area contributed by atoms with Gasteiger partial charge in [0.1, 0.15) is 17.0 Å². The van der Waals surface area contributed by atoms with Crippen LogP contribution >= 0.6 is 11.3 Å². The number of likely N-dealkylation sites (tertiary alicyclic amines) is 1. The zero-order valence-corrected chi connectivity index (χ0v) is 14.7. The van der Waals surface area contributed by atoms with Gasteiger partial charge in [0.25, 0.3) is 0 Å². The number of nitrogens with two attached hydrogens (primary N) is 1. The fourth-order valence-electron chi connectivity index (χ4n) is 3.00. The Balaban J connectivity index is 1.64. The van der Waals surface area contributed by atoms with Gasteiger partial charge >= 0.3 is 0 Å². The van der Waals surface area contributed by atoms with Crippen LogP contribution in [0.25, 0.3) is 10.2 Å². The first-order valence-electron chi connectivity index (χ1n) is 7.99. The number of hydrogen-bond acceptors (Lipinski definition) is 6. The molecular weight excluding hydrogens is 326 g/mol. The number of thiophene rings is 1. The molecule has 7 nitrogen and oxygen atoms in total. The molecule has 8 heteroatoms. The second kappa shape index (κ2) is 6.72. The van der Waals surface area contributed by atoms with Crippen LogP contribution < -0.4 is 11.1 Å². The molecule has 0 radical (unpaired) electrons. The maximum absolute atomic E-state index is 12.4. The maximum atomic E-state index is 12.4. The van der Waals surface area contributed by atoms with Crippen LogP contribution in [0.15, 0.2) is 6.33 Å². The molecule has 3 rings (SSSR count). The number of aromatic nitrogens is 2. The van der Waals surface area contributed by atoms with Gasteiger partial charge < -0.3 is 16.0 Å². The Bertz CT molecular complexity index is 780. The summed E-state index contributed by atoms with van der Waals surface area (Å²) in [6, 6.07) is 0. The highest BCUT2D eigenvalue weighted by Crippen LogP contribution is 2.32. The molecule has 0 atom stereocenters. The molecule has 3 heterocycles. The topological polar surface area (TPSA) is 101 Å². The SMILES string of the molecule is Cc1sc2ncnc(NCC(=O)N3CCC(C(N)=O)CC3)c2c1C. The fraction of sp³-hybridized carbons (Fsp3) is 0.500. The van der Waals surface area contributed by atoms with Gasteiger partial charge in [0, 0.05) is 23.9 Å². The summed E-state index contributed by atoms with van der Waals surface area (Å²) < 4.78 is 0. The highest BCUT2D eigenvalue weighted by molar-refractivity contribution is 7.18. The average Bonchev–Trinajstić information content (AvgIpc) is 2.88. The minimum atomic E-state index is -0.271. The van der Waals surface area contributed by atoms with Crippen LogP contribution in [0.4, 0.5) is 5.82 Å². The maximum Gasteiger partial charge on any atom is 0.241 e. The Labute approximate surface area is 144 Å². The van der Waals surface area contributed by atoms with Gasteiger partial charge in [-0.25, -0.2) is 9.97 Å². The molecule has 1 fully saturated rings. The van der Waals surface area contributed by atoms with E-state index in [0.29, 0.717) is 31.7 Å². The second-order valence-corrected chi connectivity index (χ2v) is 7.30. The number of rotatable bonds is 4. The molecule has 0 spiro atoms. The zero-order chi connectivity index (χ0) is 17.3. The predicted octanol–water partition coefficient (Wildman–Crippen LogP) is 1.44. The second-order valence-electron chi connectivity index (χ2n) is 6.10. The summed E-state index contributed by atoms with van der Waals surface area (Å²) in [6.07, 6.45) is 2.80. The molecule has 2 aromatic rings. The van der Waals surface area contributed by atoms with Gasteiger partial charge in [0.15, 0.2) is 0 Å².